The lowest BCUT2D eigenvalue weighted by molar-refractivity contribution is -0.198. The van der Waals surface area contributed by atoms with Crippen molar-refractivity contribution in [2.75, 3.05) is 10.6 Å². The molecule has 4 aromatic rings. The average molecular weight is 629 g/mol. The summed E-state index contributed by atoms with van der Waals surface area (Å²) in [5, 5.41) is 8.20. The second-order valence-electron chi connectivity index (χ2n) is 10.2. The van der Waals surface area contributed by atoms with Crippen molar-refractivity contribution in [1.29, 1.82) is 0 Å². The topological polar surface area (TPSA) is 163 Å². The smallest absolute Gasteiger partial charge is 0.303 e. The first-order valence-electron chi connectivity index (χ1n) is 14.2. The Labute approximate surface area is 263 Å². The minimum Gasteiger partial charge on any atom is -0.454 e. The van der Waals surface area contributed by atoms with Gasteiger partial charge in [0, 0.05) is 49.8 Å². The Bertz CT molecular complexity index is 1660. The highest BCUT2D eigenvalue weighted by atomic mass is 16.6. The van der Waals surface area contributed by atoms with Crippen molar-refractivity contribution in [2.24, 2.45) is 0 Å². The summed E-state index contributed by atoms with van der Waals surface area (Å²) in [6.45, 7) is 4.03. The molecule has 0 aliphatic heterocycles. The first-order valence-corrected chi connectivity index (χ1v) is 14.2. The molecule has 2 amide bonds. The molecular weight excluding hydrogens is 596 g/mol. The highest BCUT2D eigenvalue weighted by Crippen LogP contribution is 2.27. The highest BCUT2D eigenvalue weighted by Gasteiger charge is 2.49. The summed E-state index contributed by atoms with van der Waals surface area (Å²) < 4.78 is 21.5. The van der Waals surface area contributed by atoms with Gasteiger partial charge in [0.15, 0.2) is 12.2 Å². The van der Waals surface area contributed by atoms with E-state index in [0.717, 1.165) is 38.5 Å². The van der Waals surface area contributed by atoms with Gasteiger partial charge in [0.25, 0.3) is 11.8 Å². The highest BCUT2D eigenvalue weighted by molar-refractivity contribution is 6.06. The van der Waals surface area contributed by atoms with Crippen molar-refractivity contribution in [3.8, 4) is 0 Å². The quantitative estimate of drug-likeness (QED) is 0.181. The minimum atomic E-state index is -1.98. The summed E-state index contributed by atoms with van der Waals surface area (Å²) in [6.07, 6.45) is -7.87. The van der Waals surface area contributed by atoms with Gasteiger partial charge in [-0.1, -0.05) is 72.8 Å². The van der Waals surface area contributed by atoms with E-state index in [1.807, 2.05) is 36.4 Å². The van der Waals surface area contributed by atoms with Crippen LogP contribution < -0.4 is 10.6 Å². The van der Waals surface area contributed by atoms with Crippen LogP contribution in [0.25, 0.3) is 21.5 Å². The second kappa shape index (κ2) is 14.8. The lowest BCUT2D eigenvalue weighted by atomic mass is 9.99. The number of hydrogen-bond donors (Lipinski definition) is 2. The number of anilines is 2. The SMILES string of the molecule is CC(=O)O[C@H]([C@H](OC(C)=O)[C@H](OC(C)=O)C(=O)Nc1cccc2ccccc12)[C@@H](OC(C)=O)C(=O)Nc1cccc2ccccc12. The van der Waals surface area contributed by atoms with Gasteiger partial charge < -0.3 is 29.6 Å². The van der Waals surface area contributed by atoms with E-state index in [-0.39, 0.29) is 0 Å². The lowest BCUT2D eigenvalue weighted by Gasteiger charge is -2.34. The zero-order chi connectivity index (χ0) is 33.4. The molecule has 0 radical (unpaired) electrons. The second-order valence-corrected chi connectivity index (χ2v) is 10.2. The van der Waals surface area contributed by atoms with Crippen LogP contribution in [0.2, 0.25) is 0 Å². The molecule has 0 fully saturated rings. The third-order valence-corrected chi connectivity index (χ3v) is 6.72. The molecule has 4 aromatic carbocycles. The van der Waals surface area contributed by atoms with Gasteiger partial charge in [0.2, 0.25) is 12.2 Å². The molecule has 0 saturated heterocycles. The fraction of sp³-hybridized carbons (Fsp3) is 0.235. The number of ether oxygens (including phenoxy) is 4. The molecule has 0 heterocycles. The molecule has 0 unspecified atom stereocenters. The molecule has 46 heavy (non-hydrogen) atoms. The van der Waals surface area contributed by atoms with Crippen molar-refractivity contribution >= 4 is 68.6 Å². The third-order valence-electron chi connectivity index (χ3n) is 6.72. The van der Waals surface area contributed by atoms with Crippen LogP contribution in [-0.2, 0) is 47.7 Å². The molecule has 0 aliphatic carbocycles. The molecule has 12 nitrogen and oxygen atoms in total. The number of hydrogen-bond acceptors (Lipinski definition) is 10. The minimum absolute atomic E-state index is 0.330. The molecule has 4 atom stereocenters. The van der Waals surface area contributed by atoms with Crippen LogP contribution in [0, 0.1) is 0 Å². The Balaban J connectivity index is 1.78. The fourth-order valence-corrected chi connectivity index (χ4v) is 4.96. The largest absolute Gasteiger partial charge is 0.454 e. The Morgan fingerprint density at radius 3 is 1.13 bits per heavy atom. The van der Waals surface area contributed by atoms with Crippen molar-refractivity contribution < 1.29 is 47.7 Å². The number of esters is 4. The van der Waals surface area contributed by atoms with Gasteiger partial charge in [0.1, 0.15) is 0 Å². The van der Waals surface area contributed by atoms with Gasteiger partial charge in [-0.3, -0.25) is 28.8 Å². The predicted molar refractivity (Wildman–Crippen MR) is 167 cm³/mol. The van der Waals surface area contributed by atoms with Crippen LogP contribution >= 0.6 is 0 Å². The zero-order valence-corrected chi connectivity index (χ0v) is 25.5. The molecule has 0 bridgehead atoms. The van der Waals surface area contributed by atoms with E-state index < -0.39 is 60.1 Å². The Kier molecular flexibility index (Phi) is 10.7. The van der Waals surface area contributed by atoms with Gasteiger partial charge in [-0.25, -0.2) is 0 Å². The molecule has 0 saturated carbocycles. The predicted octanol–water partition coefficient (Wildman–Crippen LogP) is 4.30. The molecule has 0 aliphatic rings. The number of rotatable bonds is 11. The van der Waals surface area contributed by atoms with Crippen LogP contribution in [0.15, 0.2) is 84.9 Å². The summed E-state index contributed by atoms with van der Waals surface area (Å²) >= 11 is 0. The number of benzene rings is 4. The van der Waals surface area contributed by atoms with E-state index in [9.17, 15) is 28.8 Å². The van der Waals surface area contributed by atoms with Gasteiger partial charge in [-0.15, -0.1) is 0 Å². The lowest BCUT2D eigenvalue weighted by Crippen LogP contribution is -2.57. The molecular formula is C34H32N2O10. The molecule has 2 N–H and O–H groups in total. The normalized spacial score (nSPS) is 13.4. The van der Waals surface area contributed by atoms with Crippen molar-refractivity contribution in [3.63, 3.8) is 0 Å². The van der Waals surface area contributed by atoms with Gasteiger partial charge in [-0.2, -0.15) is 0 Å². The van der Waals surface area contributed by atoms with Gasteiger partial charge in [-0.05, 0) is 22.9 Å². The van der Waals surface area contributed by atoms with Crippen LogP contribution in [-0.4, -0.2) is 60.1 Å². The maximum Gasteiger partial charge on any atom is 0.303 e. The van der Waals surface area contributed by atoms with Crippen LogP contribution in [0.1, 0.15) is 27.7 Å². The van der Waals surface area contributed by atoms with E-state index in [2.05, 4.69) is 10.6 Å². The van der Waals surface area contributed by atoms with Crippen molar-refractivity contribution in [3.05, 3.63) is 84.9 Å². The summed E-state index contributed by atoms with van der Waals surface area (Å²) in [5.74, 6) is -5.83. The molecule has 0 aromatic heterocycles. The van der Waals surface area contributed by atoms with Crippen LogP contribution in [0.5, 0.6) is 0 Å². The molecule has 0 spiro atoms. The Morgan fingerprint density at radius 2 is 0.783 bits per heavy atom. The number of carbonyl (C=O) groups is 6. The van der Waals surface area contributed by atoms with E-state index in [1.54, 1.807) is 48.5 Å². The summed E-state index contributed by atoms with van der Waals surface area (Å²) in [6, 6.07) is 24.6. The molecule has 12 heteroatoms. The van der Waals surface area contributed by atoms with Crippen LogP contribution in [0.3, 0.4) is 0 Å². The average Bonchev–Trinajstić information content (AvgIpc) is 3.00. The summed E-state index contributed by atoms with van der Waals surface area (Å²) in [4.78, 5) is 77.0. The van der Waals surface area contributed by atoms with E-state index in [0.29, 0.717) is 22.1 Å². The van der Waals surface area contributed by atoms with E-state index in [4.69, 9.17) is 18.9 Å². The standard InChI is InChI=1S/C34H32N2O10/c1-19(37)43-29(31(45-21(3)39)33(41)35-27-17-9-13-23-11-5-7-15-25(23)27)30(44-20(2)38)32(46-22(4)40)34(42)36-28-18-10-14-24-12-6-8-16-26(24)28/h5-18,29-32H,1-4H3,(H,35,41)(H,36,42)/t29-,30+,31-,32+. The Hall–Kier alpha value is -5.78. The van der Waals surface area contributed by atoms with E-state index in [1.165, 1.54) is 0 Å². The monoisotopic (exact) mass is 628 g/mol. The fourth-order valence-electron chi connectivity index (χ4n) is 4.96. The number of amides is 2. The number of carbonyl (C=O) groups excluding carboxylic acids is 6. The number of nitrogens with one attached hydrogen (secondary N) is 2. The summed E-state index contributed by atoms with van der Waals surface area (Å²) in [7, 11) is 0. The maximum absolute atomic E-state index is 13.8. The first-order chi connectivity index (χ1) is 21.9. The third kappa shape index (κ3) is 8.23. The van der Waals surface area contributed by atoms with Gasteiger partial charge in [0.05, 0.1) is 0 Å². The van der Waals surface area contributed by atoms with Crippen molar-refractivity contribution in [2.45, 2.75) is 52.1 Å². The van der Waals surface area contributed by atoms with Crippen LogP contribution in [0.4, 0.5) is 11.4 Å². The Morgan fingerprint density at radius 1 is 0.457 bits per heavy atom. The molecule has 4 rings (SSSR count). The van der Waals surface area contributed by atoms with E-state index >= 15 is 0 Å². The van der Waals surface area contributed by atoms with Crippen molar-refractivity contribution in [1.82, 2.24) is 0 Å². The molecule has 238 valence electrons. The number of fused-ring (bicyclic) bond motifs is 2. The maximum atomic E-state index is 13.8. The zero-order valence-electron chi connectivity index (χ0n) is 25.5. The first kappa shape index (κ1) is 33.1. The summed E-state index contributed by atoms with van der Waals surface area (Å²) in [5.41, 5.74) is 0.659. The van der Waals surface area contributed by atoms with Gasteiger partial charge >= 0.3 is 23.9 Å².